The fourth-order valence-electron chi connectivity index (χ4n) is 4.26. The molecule has 0 radical (unpaired) electrons. The van der Waals surface area contributed by atoms with Crippen LogP contribution in [0.1, 0.15) is 51.9 Å². The minimum atomic E-state index is -0.198. The van der Waals surface area contributed by atoms with E-state index in [1.54, 1.807) is 0 Å². The van der Waals surface area contributed by atoms with Gasteiger partial charge >= 0.3 is 0 Å². The van der Waals surface area contributed by atoms with Crippen LogP contribution in [-0.2, 0) is 9.53 Å². The quantitative estimate of drug-likeness (QED) is 0.846. The van der Waals surface area contributed by atoms with Gasteiger partial charge in [0.15, 0.2) is 0 Å². The van der Waals surface area contributed by atoms with Crippen molar-refractivity contribution in [3.05, 3.63) is 0 Å². The summed E-state index contributed by atoms with van der Waals surface area (Å²) in [6.45, 7) is 6.76. The lowest BCUT2D eigenvalue weighted by atomic mass is 9.80. The van der Waals surface area contributed by atoms with Crippen LogP contribution in [0.5, 0.6) is 0 Å². The predicted molar refractivity (Wildman–Crippen MR) is 85.5 cm³/mol. The third kappa shape index (κ3) is 3.18. The average Bonchev–Trinajstić information content (AvgIpc) is 3.42. The minimum Gasteiger partial charge on any atom is -0.362 e. The molecule has 1 amide bonds. The van der Waals surface area contributed by atoms with Gasteiger partial charge in [-0.3, -0.25) is 4.79 Å². The lowest BCUT2D eigenvalue weighted by Gasteiger charge is -2.44. The van der Waals surface area contributed by atoms with Gasteiger partial charge in [-0.1, -0.05) is 6.92 Å². The van der Waals surface area contributed by atoms with Gasteiger partial charge in [-0.15, -0.1) is 0 Å². The van der Waals surface area contributed by atoms with Crippen LogP contribution in [0, 0.1) is 17.8 Å². The highest BCUT2D eigenvalue weighted by atomic mass is 16.5. The Morgan fingerprint density at radius 2 is 1.95 bits per heavy atom. The normalized spacial score (nSPS) is 39.3. The van der Waals surface area contributed by atoms with Crippen molar-refractivity contribution in [2.45, 2.75) is 63.6 Å². The standard InChI is InChI=1S/C18H30N2O2/c1-13-11-20(12-15-4-5-15)9-8-18(13)7-6-16(22-18)17(21)19-10-14-2-3-14/h13-16H,2-12H2,1H3,(H,19,21)/t13-,16-,18+/m0/s1. The number of ether oxygens (including phenoxy) is 1. The zero-order valence-corrected chi connectivity index (χ0v) is 13.9. The van der Waals surface area contributed by atoms with Crippen LogP contribution in [0.15, 0.2) is 0 Å². The molecule has 4 aliphatic rings. The third-order valence-electron chi connectivity index (χ3n) is 6.26. The van der Waals surface area contributed by atoms with E-state index in [2.05, 4.69) is 17.1 Å². The molecule has 1 spiro atoms. The lowest BCUT2D eigenvalue weighted by molar-refractivity contribution is -0.147. The maximum atomic E-state index is 12.3. The molecule has 2 saturated carbocycles. The molecule has 22 heavy (non-hydrogen) atoms. The van der Waals surface area contributed by atoms with Crippen molar-refractivity contribution in [3.63, 3.8) is 0 Å². The molecule has 124 valence electrons. The summed E-state index contributed by atoms with van der Waals surface area (Å²) in [5.74, 6) is 2.38. The Labute approximate surface area is 134 Å². The first kappa shape index (κ1) is 14.9. The van der Waals surface area contributed by atoms with Crippen LogP contribution in [0.2, 0.25) is 0 Å². The summed E-state index contributed by atoms with van der Waals surface area (Å²) in [7, 11) is 0. The molecule has 1 N–H and O–H groups in total. The van der Waals surface area contributed by atoms with Gasteiger partial charge in [-0.05, 0) is 62.7 Å². The second-order valence-electron chi connectivity index (χ2n) is 8.25. The van der Waals surface area contributed by atoms with Crippen molar-refractivity contribution in [2.75, 3.05) is 26.2 Å². The molecule has 0 unspecified atom stereocenters. The first-order valence-electron chi connectivity index (χ1n) is 9.32. The number of hydrogen-bond donors (Lipinski definition) is 1. The average molecular weight is 306 g/mol. The molecule has 2 heterocycles. The van der Waals surface area contributed by atoms with E-state index in [0.717, 1.165) is 50.7 Å². The Morgan fingerprint density at radius 1 is 1.18 bits per heavy atom. The summed E-state index contributed by atoms with van der Waals surface area (Å²) in [4.78, 5) is 14.9. The summed E-state index contributed by atoms with van der Waals surface area (Å²) in [6.07, 6.45) is 8.29. The molecule has 2 aliphatic heterocycles. The Kier molecular flexibility index (Phi) is 3.93. The molecule has 0 aromatic rings. The molecular weight excluding hydrogens is 276 g/mol. The van der Waals surface area contributed by atoms with E-state index < -0.39 is 0 Å². The fourth-order valence-corrected chi connectivity index (χ4v) is 4.26. The Hall–Kier alpha value is -0.610. The molecule has 2 saturated heterocycles. The van der Waals surface area contributed by atoms with E-state index in [1.807, 2.05) is 0 Å². The van der Waals surface area contributed by atoms with Crippen molar-refractivity contribution in [1.82, 2.24) is 10.2 Å². The van der Waals surface area contributed by atoms with Crippen LogP contribution in [0.4, 0.5) is 0 Å². The molecule has 4 rings (SSSR count). The van der Waals surface area contributed by atoms with Crippen LogP contribution in [0.25, 0.3) is 0 Å². The highest BCUT2D eigenvalue weighted by Gasteiger charge is 2.49. The highest BCUT2D eigenvalue weighted by Crippen LogP contribution is 2.43. The monoisotopic (exact) mass is 306 g/mol. The third-order valence-corrected chi connectivity index (χ3v) is 6.26. The summed E-state index contributed by atoms with van der Waals surface area (Å²) in [5, 5.41) is 3.09. The smallest absolute Gasteiger partial charge is 0.249 e. The maximum absolute atomic E-state index is 12.3. The second kappa shape index (κ2) is 5.79. The molecule has 0 aromatic carbocycles. The van der Waals surface area contributed by atoms with Gasteiger partial charge in [0, 0.05) is 26.2 Å². The largest absolute Gasteiger partial charge is 0.362 e. The first-order chi connectivity index (χ1) is 10.6. The van der Waals surface area contributed by atoms with Crippen molar-refractivity contribution in [1.29, 1.82) is 0 Å². The number of hydrogen-bond acceptors (Lipinski definition) is 3. The summed E-state index contributed by atoms with van der Waals surface area (Å²) in [6, 6.07) is 0. The molecule has 0 aromatic heterocycles. The van der Waals surface area contributed by atoms with E-state index in [-0.39, 0.29) is 17.6 Å². The van der Waals surface area contributed by atoms with Gasteiger partial charge in [-0.25, -0.2) is 0 Å². The molecule has 3 atom stereocenters. The van der Waals surface area contributed by atoms with Crippen LogP contribution in [-0.4, -0.2) is 48.7 Å². The van der Waals surface area contributed by atoms with Crippen LogP contribution < -0.4 is 5.32 Å². The van der Waals surface area contributed by atoms with Gasteiger partial charge in [0.25, 0.3) is 0 Å². The maximum Gasteiger partial charge on any atom is 0.249 e. The number of carbonyl (C=O) groups is 1. The van der Waals surface area contributed by atoms with E-state index in [0.29, 0.717) is 5.92 Å². The van der Waals surface area contributed by atoms with Gasteiger partial charge in [0.1, 0.15) is 6.10 Å². The second-order valence-corrected chi connectivity index (χ2v) is 8.25. The van der Waals surface area contributed by atoms with E-state index >= 15 is 0 Å². The molecule has 4 heteroatoms. The summed E-state index contributed by atoms with van der Waals surface area (Å²) >= 11 is 0. The van der Waals surface area contributed by atoms with E-state index in [9.17, 15) is 4.79 Å². The lowest BCUT2D eigenvalue weighted by Crippen LogP contribution is -2.52. The zero-order chi connectivity index (χ0) is 15.2. The Balaban J connectivity index is 1.29. The molecule has 4 fully saturated rings. The van der Waals surface area contributed by atoms with Gasteiger partial charge in [0.05, 0.1) is 5.60 Å². The number of nitrogens with zero attached hydrogens (tertiary/aromatic N) is 1. The van der Waals surface area contributed by atoms with Crippen LogP contribution >= 0.6 is 0 Å². The zero-order valence-electron chi connectivity index (χ0n) is 13.9. The number of nitrogens with one attached hydrogen (secondary N) is 1. The van der Waals surface area contributed by atoms with Crippen molar-refractivity contribution < 1.29 is 9.53 Å². The number of piperidine rings is 1. The van der Waals surface area contributed by atoms with Gasteiger partial charge in [-0.2, -0.15) is 0 Å². The number of carbonyl (C=O) groups excluding carboxylic acids is 1. The number of rotatable bonds is 5. The Morgan fingerprint density at radius 3 is 2.64 bits per heavy atom. The fraction of sp³-hybridized carbons (Fsp3) is 0.944. The summed E-state index contributed by atoms with van der Waals surface area (Å²) in [5.41, 5.74) is -0.0262. The first-order valence-corrected chi connectivity index (χ1v) is 9.32. The molecular formula is C18H30N2O2. The van der Waals surface area contributed by atoms with E-state index in [4.69, 9.17) is 4.74 Å². The van der Waals surface area contributed by atoms with E-state index in [1.165, 1.54) is 32.2 Å². The van der Waals surface area contributed by atoms with Gasteiger partial charge in [0.2, 0.25) is 5.91 Å². The highest BCUT2D eigenvalue weighted by molar-refractivity contribution is 5.81. The molecule has 4 nitrogen and oxygen atoms in total. The van der Waals surface area contributed by atoms with Crippen LogP contribution in [0.3, 0.4) is 0 Å². The number of amides is 1. The summed E-state index contributed by atoms with van der Waals surface area (Å²) < 4.78 is 6.35. The van der Waals surface area contributed by atoms with Crippen molar-refractivity contribution in [2.24, 2.45) is 17.8 Å². The SMILES string of the molecule is C[C@H]1CN(CC2CC2)CC[C@]12CC[C@@H](C(=O)NCC1CC1)O2. The molecule has 0 bridgehead atoms. The minimum absolute atomic E-state index is 0.0262. The topological polar surface area (TPSA) is 41.6 Å². The van der Waals surface area contributed by atoms with Crippen molar-refractivity contribution in [3.8, 4) is 0 Å². The van der Waals surface area contributed by atoms with Crippen molar-refractivity contribution >= 4 is 5.91 Å². The molecule has 2 aliphatic carbocycles. The Bertz CT molecular complexity index is 433. The number of likely N-dealkylation sites (tertiary alicyclic amines) is 1. The van der Waals surface area contributed by atoms with Gasteiger partial charge < -0.3 is 15.0 Å². The predicted octanol–water partition coefficient (Wildman–Crippen LogP) is 2.18.